The Bertz CT molecular complexity index is 414. The molecular formula is C13H17NO4. The Morgan fingerprint density at radius 3 is 2.39 bits per heavy atom. The van der Waals surface area contributed by atoms with Crippen molar-refractivity contribution in [3.05, 3.63) is 35.4 Å². The summed E-state index contributed by atoms with van der Waals surface area (Å²) in [5.41, 5.74) is 0.996. The van der Waals surface area contributed by atoms with Crippen molar-refractivity contribution in [2.45, 2.75) is 31.1 Å². The minimum atomic E-state index is -1.21. The van der Waals surface area contributed by atoms with Gasteiger partial charge in [0.2, 0.25) is 0 Å². The van der Waals surface area contributed by atoms with Crippen molar-refractivity contribution in [2.75, 3.05) is 6.61 Å². The highest BCUT2D eigenvalue weighted by Crippen LogP contribution is 2.20. The molecule has 2 unspecified atom stereocenters. The zero-order valence-electron chi connectivity index (χ0n) is 9.91. The molecule has 1 aromatic carbocycles. The van der Waals surface area contributed by atoms with Crippen LogP contribution in [0.2, 0.25) is 0 Å². The number of aliphatic hydroxyl groups is 3. The maximum atomic E-state index is 11.7. The smallest absolute Gasteiger partial charge is 0.251 e. The summed E-state index contributed by atoms with van der Waals surface area (Å²) >= 11 is 0. The Labute approximate surface area is 105 Å². The summed E-state index contributed by atoms with van der Waals surface area (Å²) < 4.78 is 0. The molecule has 2 rings (SSSR count). The van der Waals surface area contributed by atoms with Crippen LogP contribution < -0.4 is 5.32 Å². The van der Waals surface area contributed by atoms with Gasteiger partial charge in [0.1, 0.15) is 12.2 Å². The third-order valence-electron chi connectivity index (χ3n) is 2.98. The second-order valence-corrected chi connectivity index (χ2v) is 4.56. The van der Waals surface area contributed by atoms with Crippen LogP contribution in [0.5, 0.6) is 0 Å². The zero-order chi connectivity index (χ0) is 13.1. The van der Waals surface area contributed by atoms with Gasteiger partial charge in [-0.1, -0.05) is 12.1 Å². The molecule has 0 saturated heterocycles. The van der Waals surface area contributed by atoms with E-state index in [1.165, 1.54) is 0 Å². The number of carbonyl (C=O) groups excluding carboxylic acids is 1. The van der Waals surface area contributed by atoms with Crippen LogP contribution in [0, 0.1) is 0 Å². The molecular weight excluding hydrogens is 234 g/mol. The number of hydrogen-bond donors (Lipinski definition) is 4. The van der Waals surface area contributed by atoms with Crippen LogP contribution in [0.3, 0.4) is 0 Å². The number of nitrogens with one attached hydrogen (secondary N) is 1. The molecule has 1 fully saturated rings. The van der Waals surface area contributed by atoms with Crippen LogP contribution in [0.15, 0.2) is 24.3 Å². The first-order valence-corrected chi connectivity index (χ1v) is 5.99. The van der Waals surface area contributed by atoms with E-state index in [0.29, 0.717) is 17.2 Å². The van der Waals surface area contributed by atoms with E-state index in [2.05, 4.69) is 5.32 Å². The molecule has 1 aliphatic carbocycles. The second kappa shape index (κ2) is 5.48. The quantitative estimate of drug-likeness (QED) is 0.591. The van der Waals surface area contributed by atoms with E-state index in [0.717, 1.165) is 12.8 Å². The van der Waals surface area contributed by atoms with Crippen molar-refractivity contribution in [3.8, 4) is 0 Å². The fourth-order valence-corrected chi connectivity index (χ4v) is 1.65. The predicted molar refractivity (Wildman–Crippen MR) is 65.0 cm³/mol. The standard InChI is InChI=1S/C13H17NO4/c15-7-11(16)12(17)8-1-3-9(4-2-8)13(18)14-10-5-6-10/h1-4,10-12,15-17H,5-7H2,(H,14,18). The molecule has 0 heterocycles. The highest BCUT2D eigenvalue weighted by molar-refractivity contribution is 5.94. The topological polar surface area (TPSA) is 89.8 Å². The molecule has 98 valence electrons. The van der Waals surface area contributed by atoms with Crippen LogP contribution >= 0.6 is 0 Å². The fraction of sp³-hybridized carbons (Fsp3) is 0.462. The summed E-state index contributed by atoms with van der Waals surface area (Å²) in [4.78, 5) is 11.7. The number of rotatable bonds is 5. The largest absolute Gasteiger partial charge is 0.394 e. The average molecular weight is 251 g/mol. The van der Waals surface area contributed by atoms with Gasteiger partial charge in [0.05, 0.1) is 6.61 Å². The molecule has 0 bridgehead atoms. The highest BCUT2D eigenvalue weighted by Gasteiger charge is 2.24. The lowest BCUT2D eigenvalue weighted by molar-refractivity contribution is -0.0152. The van der Waals surface area contributed by atoms with Crippen LogP contribution in [0.25, 0.3) is 0 Å². The zero-order valence-corrected chi connectivity index (χ0v) is 9.91. The minimum Gasteiger partial charge on any atom is -0.394 e. The first kappa shape index (κ1) is 13.0. The number of amides is 1. The first-order chi connectivity index (χ1) is 8.61. The summed E-state index contributed by atoms with van der Waals surface area (Å²) in [6.07, 6.45) is -0.289. The molecule has 1 amide bonds. The monoisotopic (exact) mass is 251 g/mol. The van der Waals surface area contributed by atoms with Gasteiger partial charge in [-0.3, -0.25) is 4.79 Å². The van der Waals surface area contributed by atoms with Gasteiger partial charge in [-0.2, -0.15) is 0 Å². The van der Waals surface area contributed by atoms with Crippen molar-refractivity contribution < 1.29 is 20.1 Å². The third kappa shape index (κ3) is 3.07. The predicted octanol–water partition coefficient (Wildman–Crippen LogP) is -0.0346. The van der Waals surface area contributed by atoms with Crippen molar-refractivity contribution in [3.63, 3.8) is 0 Å². The van der Waals surface area contributed by atoms with Gasteiger partial charge in [-0.15, -0.1) is 0 Å². The Morgan fingerprint density at radius 1 is 1.28 bits per heavy atom. The lowest BCUT2D eigenvalue weighted by atomic mass is 10.0. The molecule has 5 heteroatoms. The SMILES string of the molecule is O=C(NC1CC1)c1ccc(C(O)C(O)CO)cc1. The van der Waals surface area contributed by atoms with Gasteiger partial charge >= 0.3 is 0 Å². The van der Waals surface area contributed by atoms with Crippen molar-refractivity contribution in [1.82, 2.24) is 5.32 Å². The molecule has 5 nitrogen and oxygen atoms in total. The van der Waals surface area contributed by atoms with Crippen LogP contribution in [-0.4, -0.2) is 40.0 Å². The second-order valence-electron chi connectivity index (χ2n) is 4.56. The Kier molecular flexibility index (Phi) is 3.96. The molecule has 0 aliphatic heterocycles. The van der Waals surface area contributed by atoms with E-state index >= 15 is 0 Å². The van der Waals surface area contributed by atoms with Gasteiger partial charge in [0.15, 0.2) is 0 Å². The van der Waals surface area contributed by atoms with Crippen molar-refractivity contribution in [2.24, 2.45) is 0 Å². The summed E-state index contributed by atoms with van der Waals surface area (Å²) in [7, 11) is 0. The molecule has 1 saturated carbocycles. The van der Waals surface area contributed by atoms with E-state index < -0.39 is 18.8 Å². The fourth-order valence-electron chi connectivity index (χ4n) is 1.65. The molecule has 1 aliphatic rings. The van der Waals surface area contributed by atoms with Crippen molar-refractivity contribution >= 4 is 5.91 Å². The summed E-state index contributed by atoms with van der Waals surface area (Å²) in [5.74, 6) is -0.124. The van der Waals surface area contributed by atoms with E-state index in [-0.39, 0.29) is 5.91 Å². The van der Waals surface area contributed by atoms with Gasteiger partial charge in [-0.05, 0) is 30.5 Å². The van der Waals surface area contributed by atoms with Gasteiger partial charge in [0.25, 0.3) is 5.91 Å². The Balaban J connectivity index is 2.02. The Hall–Kier alpha value is -1.43. The molecule has 18 heavy (non-hydrogen) atoms. The lowest BCUT2D eigenvalue weighted by Crippen LogP contribution is -2.25. The van der Waals surface area contributed by atoms with Gasteiger partial charge in [-0.25, -0.2) is 0 Å². The molecule has 1 aromatic rings. The summed E-state index contributed by atoms with van der Waals surface area (Å²) in [6, 6.07) is 6.65. The molecule has 0 radical (unpaired) electrons. The molecule has 0 aromatic heterocycles. The minimum absolute atomic E-state index is 0.124. The summed E-state index contributed by atoms with van der Waals surface area (Å²) in [5, 5.41) is 30.6. The maximum absolute atomic E-state index is 11.7. The maximum Gasteiger partial charge on any atom is 0.251 e. The van der Waals surface area contributed by atoms with Crippen molar-refractivity contribution in [1.29, 1.82) is 0 Å². The normalized spacial score (nSPS) is 18.2. The average Bonchev–Trinajstić information content (AvgIpc) is 3.21. The highest BCUT2D eigenvalue weighted by atomic mass is 16.4. The number of hydrogen-bond acceptors (Lipinski definition) is 4. The summed E-state index contributed by atoms with van der Waals surface area (Å²) in [6.45, 7) is -0.509. The van der Waals surface area contributed by atoms with Crippen LogP contribution in [-0.2, 0) is 0 Å². The lowest BCUT2D eigenvalue weighted by Gasteiger charge is -2.16. The number of benzene rings is 1. The molecule has 0 spiro atoms. The first-order valence-electron chi connectivity index (χ1n) is 5.99. The van der Waals surface area contributed by atoms with E-state index in [9.17, 15) is 15.0 Å². The third-order valence-corrected chi connectivity index (χ3v) is 2.98. The van der Waals surface area contributed by atoms with Gasteiger partial charge < -0.3 is 20.6 Å². The molecule has 2 atom stereocenters. The molecule has 4 N–H and O–H groups in total. The van der Waals surface area contributed by atoms with Crippen LogP contribution in [0.1, 0.15) is 34.9 Å². The van der Waals surface area contributed by atoms with Gasteiger partial charge in [0, 0.05) is 11.6 Å². The van der Waals surface area contributed by atoms with Crippen LogP contribution in [0.4, 0.5) is 0 Å². The number of carbonyl (C=O) groups is 1. The van der Waals surface area contributed by atoms with E-state index in [1.807, 2.05) is 0 Å². The van der Waals surface area contributed by atoms with E-state index in [1.54, 1.807) is 24.3 Å². The van der Waals surface area contributed by atoms with E-state index in [4.69, 9.17) is 5.11 Å². The number of aliphatic hydroxyl groups excluding tert-OH is 3. The Morgan fingerprint density at radius 2 is 1.89 bits per heavy atom.